The molecular weight excluding hydrogens is 455 g/mol. The zero-order valence-electron chi connectivity index (χ0n) is 14.4. The molecular formula is C11H16N5O10P3. The normalized spacial score (nSPS) is 24.1. The number of phosphoric acid groups is 3. The van der Waals surface area contributed by atoms with Gasteiger partial charge in [0.05, 0.1) is 19.0 Å². The first kappa shape index (κ1) is 22.2. The van der Waals surface area contributed by atoms with Crippen molar-refractivity contribution in [1.82, 2.24) is 19.5 Å². The van der Waals surface area contributed by atoms with Crippen molar-refractivity contribution in [2.45, 2.75) is 12.5 Å². The first-order chi connectivity index (χ1) is 13.3. The summed E-state index contributed by atoms with van der Waals surface area (Å²) in [5.74, 6) is -0.204. The number of fused-ring (bicyclic) bond motifs is 1. The lowest BCUT2D eigenvalue weighted by Crippen LogP contribution is -2.32. The van der Waals surface area contributed by atoms with Crippen LogP contribution in [0.2, 0.25) is 0 Å². The second-order valence-corrected chi connectivity index (χ2v) is 10.4. The quantitative estimate of drug-likeness (QED) is 0.266. The van der Waals surface area contributed by atoms with E-state index in [0.29, 0.717) is 23.2 Å². The zero-order valence-corrected chi connectivity index (χ0v) is 17.1. The molecule has 0 bridgehead atoms. The predicted octanol–water partition coefficient (Wildman–Crippen LogP) is 0.869. The molecule has 6 N–H and O–H groups in total. The van der Waals surface area contributed by atoms with Crippen LogP contribution in [0.3, 0.4) is 0 Å². The molecule has 0 saturated heterocycles. The van der Waals surface area contributed by atoms with E-state index in [9.17, 15) is 18.6 Å². The van der Waals surface area contributed by atoms with Crippen LogP contribution in [0.1, 0.15) is 12.5 Å². The molecule has 29 heavy (non-hydrogen) atoms. The smallest absolute Gasteiger partial charge is 0.382 e. The highest BCUT2D eigenvalue weighted by atomic mass is 31.3. The third-order valence-electron chi connectivity index (χ3n) is 4.04. The molecule has 1 aliphatic rings. The molecule has 2 aromatic heterocycles. The molecule has 1 saturated carbocycles. The average Bonchev–Trinajstić information content (AvgIpc) is 2.95. The SMILES string of the molecule is C=C1[C@H](COP(=O)(O)OP(=O)(O)OP(=O)(O)O)C[C@@H]1n1cnc2c(N)ncnc21. The van der Waals surface area contributed by atoms with Crippen LogP contribution in [0.15, 0.2) is 24.8 Å². The lowest BCUT2D eigenvalue weighted by molar-refractivity contribution is 0.137. The molecule has 0 aromatic carbocycles. The molecule has 160 valence electrons. The summed E-state index contributed by atoms with van der Waals surface area (Å²) in [4.78, 5) is 47.7. The number of rotatable bonds is 8. The molecule has 2 unspecified atom stereocenters. The van der Waals surface area contributed by atoms with Crippen molar-refractivity contribution in [3.05, 3.63) is 24.8 Å². The van der Waals surface area contributed by atoms with Gasteiger partial charge in [0, 0.05) is 5.92 Å². The summed E-state index contributed by atoms with van der Waals surface area (Å²) < 4.78 is 47.3. The van der Waals surface area contributed by atoms with Crippen LogP contribution < -0.4 is 5.73 Å². The highest BCUT2D eigenvalue weighted by molar-refractivity contribution is 7.66. The van der Waals surface area contributed by atoms with Crippen LogP contribution in [-0.4, -0.2) is 45.7 Å². The van der Waals surface area contributed by atoms with Crippen LogP contribution in [0.25, 0.3) is 11.2 Å². The average molecular weight is 471 g/mol. The number of imidazole rings is 1. The van der Waals surface area contributed by atoms with Gasteiger partial charge in [-0.05, 0) is 12.0 Å². The van der Waals surface area contributed by atoms with Gasteiger partial charge in [0.15, 0.2) is 11.5 Å². The maximum Gasteiger partial charge on any atom is 0.490 e. The summed E-state index contributed by atoms with van der Waals surface area (Å²) in [6.07, 6.45) is 3.19. The van der Waals surface area contributed by atoms with Gasteiger partial charge in [0.2, 0.25) is 0 Å². The number of nitrogen functional groups attached to an aromatic ring is 1. The molecule has 0 amide bonds. The molecule has 0 aliphatic heterocycles. The van der Waals surface area contributed by atoms with Crippen molar-refractivity contribution in [3.8, 4) is 0 Å². The number of hydrogen-bond acceptors (Lipinski definition) is 10. The Morgan fingerprint density at radius 1 is 1.14 bits per heavy atom. The predicted molar refractivity (Wildman–Crippen MR) is 95.8 cm³/mol. The van der Waals surface area contributed by atoms with E-state index in [-0.39, 0.29) is 11.9 Å². The molecule has 2 aromatic rings. The van der Waals surface area contributed by atoms with Crippen LogP contribution >= 0.6 is 23.5 Å². The molecule has 2 heterocycles. The second-order valence-electron chi connectivity index (χ2n) is 5.99. The maximum absolute atomic E-state index is 11.8. The summed E-state index contributed by atoms with van der Waals surface area (Å²) in [5.41, 5.74) is 7.22. The van der Waals surface area contributed by atoms with Gasteiger partial charge < -0.3 is 29.9 Å². The molecule has 4 atom stereocenters. The van der Waals surface area contributed by atoms with Crippen LogP contribution in [-0.2, 0) is 26.8 Å². The summed E-state index contributed by atoms with van der Waals surface area (Å²) in [6, 6.07) is -0.246. The van der Waals surface area contributed by atoms with Gasteiger partial charge in [-0.3, -0.25) is 4.52 Å². The van der Waals surface area contributed by atoms with Gasteiger partial charge in [-0.1, -0.05) is 6.58 Å². The number of phosphoric ester groups is 1. The molecule has 1 aliphatic carbocycles. The van der Waals surface area contributed by atoms with Gasteiger partial charge >= 0.3 is 23.5 Å². The van der Waals surface area contributed by atoms with Crippen LogP contribution in [0.5, 0.6) is 0 Å². The topological polar surface area (TPSA) is 229 Å². The van der Waals surface area contributed by atoms with Gasteiger partial charge in [-0.25, -0.2) is 28.6 Å². The Morgan fingerprint density at radius 3 is 2.45 bits per heavy atom. The van der Waals surface area contributed by atoms with E-state index in [2.05, 4.69) is 34.7 Å². The van der Waals surface area contributed by atoms with E-state index >= 15 is 0 Å². The molecule has 15 nitrogen and oxygen atoms in total. The van der Waals surface area contributed by atoms with Gasteiger partial charge in [-0.15, -0.1) is 0 Å². The molecule has 0 spiro atoms. The largest absolute Gasteiger partial charge is 0.490 e. The molecule has 1 fully saturated rings. The lowest BCUT2D eigenvalue weighted by atomic mass is 9.76. The minimum Gasteiger partial charge on any atom is -0.382 e. The Morgan fingerprint density at radius 2 is 1.83 bits per heavy atom. The molecule has 0 radical (unpaired) electrons. The van der Waals surface area contributed by atoms with E-state index < -0.39 is 36.0 Å². The Bertz CT molecular complexity index is 1100. The summed E-state index contributed by atoms with van der Waals surface area (Å²) in [7, 11) is -16.2. The summed E-state index contributed by atoms with van der Waals surface area (Å²) >= 11 is 0. The van der Waals surface area contributed by atoms with Crippen molar-refractivity contribution in [1.29, 1.82) is 0 Å². The monoisotopic (exact) mass is 471 g/mol. The fourth-order valence-corrected chi connectivity index (χ4v) is 5.80. The minimum absolute atomic E-state index is 0.211. The van der Waals surface area contributed by atoms with Gasteiger partial charge in [-0.2, -0.15) is 8.62 Å². The number of nitrogens with zero attached hydrogens (tertiary/aromatic N) is 4. The number of anilines is 1. The fraction of sp³-hybridized carbons (Fsp3) is 0.364. The van der Waals surface area contributed by atoms with E-state index in [1.54, 1.807) is 4.57 Å². The Balaban J connectivity index is 1.60. The number of nitrogens with two attached hydrogens (primary N) is 1. The maximum atomic E-state index is 11.8. The first-order valence-corrected chi connectivity index (χ1v) is 12.2. The highest BCUT2D eigenvalue weighted by Crippen LogP contribution is 2.66. The van der Waals surface area contributed by atoms with Crippen LogP contribution in [0.4, 0.5) is 5.82 Å². The van der Waals surface area contributed by atoms with Crippen molar-refractivity contribution in [2.24, 2.45) is 5.92 Å². The second kappa shape index (κ2) is 7.64. The van der Waals surface area contributed by atoms with E-state index in [4.69, 9.17) is 20.4 Å². The summed E-state index contributed by atoms with van der Waals surface area (Å²) in [6.45, 7) is 3.47. The molecule has 18 heteroatoms. The number of aromatic nitrogens is 4. The van der Waals surface area contributed by atoms with E-state index in [0.717, 1.165) is 0 Å². The standard InChI is InChI=1S/C11H16N5O10P3/c1-6-7(3-24-28(20,21)26-29(22,23)25-27(17,18)19)2-8(6)16-5-15-9-10(12)13-4-14-11(9)16/h4-5,7-8H,1-3H2,(H,20,21)(H,22,23)(H2,12,13,14)(H2,17,18,19)/t7-,8-/m0/s1. The number of hydrogen-bond donors (Lipinski definition) is 5. The molecule has 3 rings (SSSR count). The zero-order chi connectivity index (χ0) is 21.6. The van der Waals surface area contributed by atoms with Gasteiger partial charge in [0.25, 0.3) is 0 Å². The fourth-order valence-electron chi connectivity index (χ4n) is 2.74. The van der Waals surface area contributed by atoms with E-state index in [1.165, 1.54) is 12.7 Å². The first-order valence-electron chi connectivity index (χ1n) is 7.68. The Labute approximate surface area is 162 Å². The minimum atomic E-state index is -5.55. The van der Waals surface area contributed by atoms with Gasteiger partial charge in [0.1, 0.15) is 11.8 Å². The third-order valence-corrected chi connectivity index (χ3v) is 7.84. The van der Waals surface area contributed by atoms with Crippen molar-refractivity contribution < 1.29 is 46.4 Å². The highest BCUT2D eigenvalue weighted by Gasteiger charge is 2.43. The summed E-state index contributed by atoms with van der Waals surface area (Å²) in [5, 5.41) is 0. The lowest BCUT2D eigenvalue weighted by Gasteiger charge is -2.39. The van der Waals surface area contributed by atoms with E-state index in [1.807, 2.05) is 0 Å². The third kappa shape index (κ3) is 5.16. The van der Waals surface area contributed by atoms with Crippen molar-refractivity contribution in [3.63, 3.8) is 0 Å². The Kier molecular flexibility index (Phi) is 5.84. The van der Waals surface area contributed by atoms with Crippen LogP contribution in [0, 0.1) is 5.92 Å². The Hall–Kier alpha value is -1.50. The van der Waals surface area contributed by atoms with Crippen molar-refractivity contribution in [2.75, 3.05) is 12.3 Å². The van der Waals surface area contributed by atoms with Crippen molar-refractivity contribution >= 4 is 40.4 Å².